The van der Waals surface area contributed by atoms with Crippen LogP contribution in [0.1, 0.15) is 5.56 Å². The van der Waals surface area contributed by atoms with E-state index in [1.54, 1.807) is 19.5 Å². The smallest absolute Gasteiger partial charge is 0.253 e. The highest BCUT2D eigenvalue weighted by Gasteiger charge is 2.09. The summed E-state index contributed by atoms with van der Waals surface area (Å²) in [5.41, 5.74) is 6.53. The van der Waals surface area contributed by atoms with Crippen LogP contribution in [0, 0.1) is 6.92 Å². The van der Waals surface area contributed by atoms with Crippen molar-refractivity contribution in [2.75, 3.05) is 12.8 Å². The van der Waals surface area contributed by atoms with Crippen LogP contribution in [0.15, 0.2) is 16.9 Å². The van der Waals surface area contributed by atoms with Gasteiger partial charge in [-0.25, -0.2) is 9.67 Å². The van der Waals surface area contributed by atoms with E-state index < -0.39 is 0 Å². The molecule has 0 fully saturated rings. The molecule has 0 aromatic carbocycles. The third-order valence-corrected chi connectivity index (χ3v) is 2.58. The molecule has 0 saturated heterocycles. The van der Waals surface area contributed by atoms with Crippen molar-refractivity contribution in [3.05, 3.63) is 22.4 Å². The Labute approximate surface area is 101 Å². The lowest BCUT2D eigenvalue weighted by molar-refractivity contribution is 0.392. The van der Waals surface area contributed by atoms with Gasteiger partial charge < -0.3 is 10.5 Å². The Bertz CT molecular complexity index is 505. The summed E-state index contributed by atoms with van der Waals surface area (Å²) >= 11 is 3.28. The van der Waals surface area contributed by atoms with Crippen LogP contribution < -0.4 is 10.5 Å². The number of aryl methyl sites for hydroxylation is 1. The number of nitrogen functional groups attached to an aromatic ring is 1. The second-order valence-corrected chi connectivity index (χ2v) is 4.02. The highest BCUT2D eigenvalue weighted by Crippen LogP contribution is 2.21. The number of rotatable bonds is 2. The number of aromatic nitrogens is 4. The van der Waals surface area contributed by atoms with Gasteiger partial charge in [0.25, 0.3) is 5.95 Å². The standard InChI is InChI=1S/C9H10BrN5O/c1-5-4-15(14-7(5)11)9-12-3-6(10)8(13-9)16-2/h3-4H,1-2H3,(H2,11,14). The number of hydrogen-bond acceptors (Lipinski definition) is 5. The Morgan fingerprint density at radius 2 is 2.25 bits per heavy atom. The van der Waals surface area contributed by atoms with Gasteiger partial charge in [-0.1, -0.05) is 0 Å². The van der Waals surface area contributed by atoms with Crippen LogP contribution in [0.5, 0.6) is 5.88 Å². The Hall–Kier alpha value is -1.63. The number of ether oxygens (including phenoxy) is 1. The van der Waals surface area contributed by atoms with Gasteiger partial charge in [-0.2, -0.15) is 4.98 Å². The Kier molecular flexibility index (Phi) is 2.78. The lowest BCUT2D eigenvalue weighted by atomic mass is 10.4. The minimum Gasteiger partial charge on any atom is -0.480 e. The van der Waals surface area contributed by atoms with Crippen molar-refractivity contribution in [1.29, 1.82) is 0 Å². The van der Waals surface area contributed by atoms with Crippen molar-refractivity contribution in [1.82, 2.24) is 19.7 Å². The van der Waals surface area contributed by atoms with Gasteiger partial charge in [0.1, 0.15) is 5.82 Å². The molecule has 0 unspecified atom stereocenters. The zero-order valence-electron chi connectivity index (χ0n) is 8.81. The lowest BCUT2D eigenvalue weighted by Gasteiger charge is -2.03. The highest BCUT2D eigenvalue weighted by atomic mass is 79.9. The normalized spacial score (nSPS) is 10.4. The molecule has 0 spiro atoms. The van der Waals surface area contributed by atoms with E-state index >= 15 is 0 Å². The van der Waals surface area contributed by atoms with E-state index in [1.807, 2.05) is 6.92 Å². The quantitative estimate of drug-likeness (QED) is 0.899. The van der Waals surface area contributed by atoms with Gasteiger partial charge in [0, 0.05) is 11.8 Å². The van der Waals surface area contributed by atoms with E-state index in [0.29, 0.717) is 22.1 Å². The second kappa shape index (κ2) is 4.09. The first kappa shape index (κ1) is 10.9. The maximum absolute atomic E-state index is 5.65. The first-order valence-corrected chi connectivity index (χ1v) is 5.29. The summed E-state index contributed by atoms with van der Waals surface area (Å²) in [4.78, 5) is 8.30. The fraction of sp³-hybridized carbons (Fsp3) is 0.222. The third-order valence-electron chi connectivity index (χ3n) is 2.03. The molecular formula is C9H10BrN5O. The Morgan fingerprint density at radius 1 is 1.50 bits per heavy atom. The molecule has 2 aromatic rings. The predicted octanol–water partition coefficient (Wildman–Crippen LogP) is 1.32. The van der Waals surface area contributed by atoms with Crippen LogP contribution >= 0.6 is 15.9 Å². The summed E-state index contributed by atoms with van der Waals surface area (Å²) < 4.78 is 7.28. The SMILES string of the molecule is COc1nc(-n2cc(C)c(N)n2)ncc1Br. The molecule has 0 saturated carbocycles. The van der Waals surface area contributed by atoms with Crippen LogP contribution in [0.25, 0.3) is 5.95 Å². The Balaban J connectivity index is 2.48. The topological polar surface area (TPSA) is 78.9 Å². The molecule has 16 heavy (non-hydrogen) atoms. The average molecular weight is 284 g/mol. The van der Waals surface area contributed by atoms with E-state index in [-0.39, 0.29) is 0 Å². The van der Waals surface area contributed by atoms with Gasteiger partial charge in [0.15, 0.2) is 0 Å². The number of methoxy groups -OCH3 is 1. The summed E-state index contributed by atoms with van der Waals surface area (Å²) in [5, 5.41) is 4.08. The average Bonchev–Trinajstić information content (AvgIpc) is 2.60. The first-order chi connectivity index (χ1) is 7.61. The number of hydrogen-bond donors (Lipinski definition) is 1. The number of halogens is 1. The predicted molar refractivity (Wildman–Crippen MR) is 62.6 cm³/mol. The zero-order chi connectivity index (χ0) is 11.7. The number of nitrogens with two attached hydrogens (primary N) is 1. The maximum atomic E-state index is 5.65. The van der Waals surface area contributed by atoms with Gasteiger partial charge in [0.2, 0.25) is 5.88 Å². The van der Waals surface area contributed by atoms with Crippen LogP contribution in [-0.2, 0) is 0 Å². The van der Waals surface area contributed by atoms with E-state index in [1.165, 1.54) is 4.68 Å². The highest BCUT2D eigenvalue weighted by molar-refractivity contribution is 9.10. The fourth-order valence-electron chi connectivity index (χ4n) is 1.17. The van der Waals surface area contributed by atoms with Gasteiger partial charge in [-0.15, -0.1) is 5.10 Å². The molecule has 2 rings (SSSR count). The Morgan fingerprint density at radius 3 is 2.81 bits per heavy atom. The summed E-state index contributed by atoms with van der Waals surface area (Å²) in [6.07, 6.45) is 3.37. The molecule has 0 atom stereocenters. The van der Waals surface area contributed by atoms with Crippen LogP contribution in [0.3, 0.4) is 0 Å². The van der Waals surface area contributed by atoms with E-state index in [9.17, 15) is 0 Å². The first-order valence-electron chi connectivity index (χ1n) is 4.50. The van der Waals surface area contributed by atoms with Gasteiger partial charge in [-0.3, -0.25) is 0 Å². The van der Waals surface area contributed by atoms with Crippen molar-refractivity contribution in [2.45, 2.75) is 6.92 Å². The molecule has 6 nitrogen and oxygen atoms in total. The molecule has 0 bridgehead atoms. The number of anilines is 1. The summed E-state index contributed by atoms with van der Waals surface area (Å²) in [6, 6.07) is 0. The molecule has 84 valence electrons. The summed E-state index contributed by atoms with van der Waals surface area (Å²) in [7, 11) is 1.54. The molecule has 7 heteroatoms. The molecule has 2 N–H and O–H groups in total. The van der Waals surface area contributed by atoms with E-state index in [0.717, 1.165) is 5.56 Å². The molecule has 0 radical (unpaired) electrons. The summed E-state index contributed by atoms with van der Waals surface area (Å²) in [6.45, 7) is 1.87. The van der Waals surface area contributed by atoms with Crippen LogP contribution in [0.2, 0.25) is 0 Å². The fourth-order valence-corrected chi connectivity index (χ4v) is 1.52. The van der Waals surface area contributed by atoms with Crippen molar-refractivity contribution < 1.29 is 4.74 Å². The lowest BCUT2D eigenvalue weighted by Crippen LogP contribution is -2.03. The van der Waals surface area contributed by atoms with Crippen LogP contribution in [0.4, 0.5) is 5.82 Å². The molecule has 0 aliphatic heterocycles. The minimum atomic E-state index is 0.417. The van der Waals surface area contributed by atoms with Gasteiger partial charge in [-0.05, 0) is 22.9 Å². The van der Waals surface area contributed by atoms with E-state index in [4.69, 9.17) is 10.5 Å². The minimum absolute atomic E-state index is 0.417. The van der Waals surface area contributed by atoms with Crippen molar-refractivity contribution in [3.8, 4) is 11.8 Å². The third kappa shape index (κ3) is 1.85. The van der Waals surface area contributed by atoms with Crippen molar-refractivity contribution >= 4 is 21.7 Å². The maximum Gasteiger partial charge on any atom is 0.253 e. The molecule has 2 aromatic heterocycles. The molecular weight excluding hydrogens is 274 g/mol. The van der Waals surface area contributed by atoms with Gasteiger partial charge >= 0.3 is 0 Å². The zero-order valence-corrected chi connectivity index (χ0v) is 10.4. The molecule has 2 heterocycles. The monoisotopic (exact) mass is 283 g/mol. The number of nitrogens with zero attached hydrogens (tertiary/aromatic N) is 4. The molecule has 0 amide bonds. The van der Waals surface area contributed by atoms with Crippen LogP contribution in [-0.4, -0.2) is 26.9 Å². The van der Waals surface area contributed by atoms with Gasteiger partial charge in [0.05, 0.1) is 17.8 Å². The molecule has 0 aliphatic rings. The summed E-state index contributed by atoms with van der Waals surface area (Å²) in [5.74, 6) is 1.34. The van der Waals surface area contributed by atoms with Crippen molar-refractivity contribution in [3.63, 3.8) is 0 Å². The van der Waals surface area contributed by atoms with E-state index in [2.05, 4.69) is 31.0 Å². The van der Waals surface area contributed by atoms with Crippen molar-refractivity contribution in [2.24, 2.45) is 0 Å². The molecule has 0 aliphatic carbocycles. The largest absolute Gasteiger partial charge is 0.480 e. The second-order valence-electron chi connectivity index (χ2n) is 3.17.